The van der Waals surface area contributed by atoms with Crippen LogP contribution in [0.4, 0.5) is 11.4 Å². The van der Waals surface area contributed by atoms with Crippen molar-refractivity contribution in [3.63, 3.8) is 0 Å². The van der Waals surface area contributed by atoms with Gasteiger partial charge in [0.15, 0.2) is 0 Å². The Bertz CT molecular complexity index is 1540. The highest BCUT2D eigenvalue weighted by molar-refractivity contribution is 6.07. The molecule has 3 nitrogen and oxygen atoms in total. The molecule has 3 heteroatoms. The topological polar surface area (TPSA) is 29.5 Å². The van der Waals surface area contributed by atoms with Gasteiger partial charge in [0.2, 0.25) is 0 Å². The summed E-state index contributed by atoms with van der Waals surface area (Å²) in [5.74, 6) is 0. The van der Waals surface area contributed by atoms with Crippen molar-refractivity contribution < 1.29 is 8.83 Å². The predicted octanol–water partition coefficient (Wildman–Crippen LogP) is 7.56. The van der Waals surface area contributed by atoms with E-state index in [1.165, 1.54) is 5.56 Å². The van der Waals surface area contributed by atoms with Gasteiger partial charge in [-0.2, -0.15) is 0 Å². The quantitative estimate of drug-likeness (QED) is 0.312. The van der Waals surface area contributed by atoms with E-state index in [1.54, 1.807) is 0 Å². The summed E-state index contributed by atoms with van der Waals surface area (Å²) in [6.07, 6.45) is 0. The van der Waals surface area contributed by atoms with Crippen LogP contribution in [0.15, 0.2) is 87.7 Å². The highest BCUT2D eigenvalue weighted by Gasteiger charge is 2.13. The monoisotopic (exact) mass is 377 g/mol. The molecular weight excluding hydrogens is 358 g/mol. The van der Waals surface area contributed by atoms with Gasteiger partial charge < -0.3 is 13.7 Å². The second-order valence-electron chi connectivity index (χ2n) is 7.62. The SMILES string of the molecule is Cc1ccc2c(c1)oc1cc(N(C)c3ccc4oc5ccccc5c4c3)ccc12. The third kappa shape index (κ3) is 2.44. The molecule has 0 N–H and O–H groups in total. The number of hydrogen-bond acceptors (Lipinski definition) is 3. The van der Waals surface area contributed by atoms with Gasteiger partial charge in [0, 0.05) is 46.0 Å². The number of fused-ring (bicyclic) bond motifs is 6. The number of rotatable bonds is 2. The van der Waals surface area contributed by atoms with Crippen molar-refractivity contribution in [2.24, 2.45) is 0 Å². The molecule has 140 valence electrons. The molecule has 2 aromatic heterocycles. The van der Waals surface area contributed by atoms with Crippen LogP contribution in [0.1, 0.15) is 5.56 Å². The Labute approximate surface area is 167 Å². The fourth-order valence-electron chi connectivity index (χ4n) is 4.15. The maximum atomic E-state index is 6.13. The summed E-state index contributed by atoms with van der Waals surface area (Å²) in [4.78, 5) is 2.18. The number of nitrogens with zero attached hydrogens (tertiary/aromatic N) is 1. The van der Waals surface area contributed by atoms with Gasteiger partial charge in [0.25, 0.3) is 0 Å². The largest absolute Gasteiger partial charge is 0.456 e. The molecule has 6 aromatic rings. The lowest BCUT2D eigenvalue weighted by Gasteiger charge is -2.19. The molecule has 0 aliphatic heterocycles. The molecule has 0 amide bonds. The molecule has 6 rings (SSSR count). The Morgan fingerprint density at radius 1 is 0.552 bits per heavy atom. The van der Waals surface area contributed by atoms with Crippen LogP contribution in [-0.2, 0) is 0 Å². The average Bonchev–Trinajstić information content (AvgIpc) is 3.29. The lowest BCUT2D eigenvalue weighted by molar-refractivity contribution is 0.668. The minimum atomic E-state index is 0.907. The van der Waals surface area contributed by atoms with Gasteiger partial charge in [0.05, 0.1) is 0 Å². The first-order valence-corrected chi connectivity index (χ1v) is 9.75. The molecule has 0 radical (unpaired) electrons. The van der Waals surface area contributed by atoms with E-state index in [0.717, 1.165) is 55.3 Å². The molecule has 0 saturated heterocycles. The molecule has 2 heterocycles. The van der Waals surface area contributed by atoms with E-state index in [0.29, 0.717) is 0 Å². The first kappa shape index (κ1) is 16.3. The van der Waals surface area contributed by atoms with Crippen LogP contribution < -0.4 is 4.90 Å². The van der Waals surface area contributed by atoms with E-state index in [2.05, 4.69) is 73.5 Å². The third-order valence-electron chi connectivity index (χ3n) is 5.75. The van der Waals surface area contributed by atoms with Crippen molar-refractivity contribution in [3.05, 3.63) is 84.4 Å². The number of furan rings is 2. The van der Waals surface area contributed by atoms with E-state index in [9.17, 15) is 0 Å². The highest BCUT2D eigenvalue weighted by Crippen LogP contribution is 2.36. The van der Waals surface area contributed by atoms with Crippen molar-refractivity contribution in [1.82, 2.24) is 0 Å². The molecule has 0 aliphatic carbocycles. The zero-order chi connectivity index (χ0) is 19.5. The maximum absolute atomic E-state index is 6.13. The van der Waals surface area contributed by atoms with Gasteiger partial charge in [-0.1, -0.05) is 30.3 Å². The van der Waals surface area contributed by atoms with E-state index in [4.69, 9.17) is 8.83 Å². The fraction of sp³-hybridized carbons (Fsp3) is 0.0769. The van der Waals surface area contributed by atoms with Crippen LogP contribution in [0.5, 0.6) is 0 Å². The fourth-order valence-corrected chi connectivity index (χ4v) is 4.15. The van der Waals surface area contributed by atoms with Gasteiger partial charge in [-0.3, -0.25) is 0 Å². The van der Waals surface area contributed by atoms with Gasteiger partial charge in [-0.15, -0.1) is 0 Å². The zero-order valence-electron chi connectivity index (χ0n) is 16.3. The molecule has 0 atom stereocenters. The highest BCUT2D eigenvalue weighted by atomic mass is 16.3. The lowest BCUT2D eigenvalue weighted by atomic mass is 10.1. The molecule has 0 fully saturated rings. The van der Waals surface area contributed by atoms with Crippen LogP contribution in [0.25, 0.3) is 43.9 Å². The van der Waals surface area contributed by atoms with E-state index < -0.39 is 0 Å². The number of anilines is 2. The molecular formula is C26H19NO2. The summed E-state index contributed by atoms with van der Waals surface area (Å²) in [6.45, 7) is 2.08. The maximum Gasteiger partial charge on any atom is 0.137 e. The summed E-state index contributed by atoms with van der Waals surface area (Å²) in [7, 11) is 2.08. The van der Waals surface area contributed by atoms with Crippen molar-refractivity contribution in [1.29, 1.82) is 0 Å². The van der Waals surface area contributed by atoms with Crippen LogP contribution in [-0.4, -0.2) is 7.05 Å². The van der Waals surface area contributed by atoms with Crippen molar-refractivity contribution in [2.75, 3.05) is 11.9 Å². The second-order valence-corrected chi connectivity index (χ2v) is 7.62. The summed E-state index contributed by atoms with van der Waals surface area (Å²) in [5, 5.41) is 4.57. The minimum Gasteiger partial charge on any atom is -0.456 e. The molecule has 0 spiro atoms. The lowest BCUT2D eigenvalue weighted by Crippen LogP contribution is -2.08. The average molecular weight is 377 g/mol. The standard InChI is InChI=1S/C26H19NO2/c1-16-7-10-20-21-11-8-18(15-26(21)29-25(20)13-16)27(2)17-9-12-24-22(14-17)19-5-3-4-6-23(19)28-24/h3-15H,1-2H3. The molecule has 0 bridgehead atoms. The summed E-state index contributed by atoms with van der Waals surface area (Å²) >= 11 is 0. The molecule has 0 unspecified atom stereocenters. The number of para-hydroxylation sites is 1. The van der Waals surface area contributed by atoms with Gasteiger partial charge >= 0.3 is 0 Å². The number of benzene rings is 4. The molecule has 0 aliphatic rings. The third-order valence-corrected chi connectivity index (χ3v) is 5.75. The van der Waals surface area contributed by atoms with Crippen LogP contribution in [0.2, 0.25) is 0 Å². The second kappa shape index (κ2) is 5.89. The van der Waals surface area contributed by atoms with Gasteiger partial charge in [0.1, 0.15) is 22.3 Å². The Morgan fingerprint density at radius 2 is 1.17 bits per heavy atom. The van der Waals surface area contributed by atoms with E-state index in [-0.39, 0.29) is 0 Å². The van der Waals surface area contributed by atoms with Crippen LogP contribution in [0, 0.1) is 6.92 Å². The Balaban J connectivity index is 1.47. The van der Waals surface area contributed by atoms with E-state index in [1.807, 2.05) is 24.3 Å². The Morgan fingerprint density at radius 3 is 2.07 bits per heavy atom. The summed E-state index contributed by atoms with van der Waals surface area (Å²) < 4.78 is 12.1. The molecule has 4 aromatic carbocycles. The first-order chi connectivity index (χ1) is 14.2. The molecule has 0 saturated carbocycles. The van der Waals surface area contributed by atoms with Crippen LogP contribution in [0.3, 0.4) is 0 Å². The summed E-state index contributed by atoms with van der Waals surface area (Å²) in [6, 6.07) is 27.3. The normalized spacial score (nSPS) is 11.8. The number of aryl methyl sites for hydroxylation is 1. The zero-order valence-corrected chi connectivity index (χ0v) is 16.3. The van der Waals surface area contributed by atoms with Gasteiger partial charge in [-0.25, -0.2) is 0 Å². The Kier molecular flexibility index (Phi) is 3.30. The first-order valence-electron chi connectivity index (χ1n) is 9.75. The Hall–Kier alpha value is -3.72. The van der Waals surface area contributed by atoms with Crippen LogP contribution >= 0.6 is 0 Å². The number of hydrogen-bond donors (Lipinski definition) is 0. The summed E-state index contributed by atoms with van der Waals surface area (Å²) in [5.41, 5.74) is 7.06. The van der Waals surface area contributed by atoms with Crippen molar-refractivity contribution in [2.45, 2.75) is 6.92 Å². The minimum absolute atomic E-state index is 0.907. The van der Waals surface area contributed by atoms with Gasteiger partial charge in [-0.05, 0) is 55.0 Å². The van der Waals surface area contributed by atoms with Crippen molar-refractivity contribution in [3.8, 4) is 0 Å². The predicted molar refractivity (Wildman–Crippen MR) is 120 cm³/mol. The van der Waals surface area contributed by atoms with Crippen molar-refractivity contribution >= 4 is 55.3 Å². The molecule has 29 heavy (non-hydrogen) atoms. The van der Waals surface area contributed by atoms with E-state index >= 15 is 0 Å². The smallest absolute Gasteiger partial charge is 0.137 e.